The predicted octanol–water partition coefficient (Wildman–Crippen LogP) is 6.43. The lowest BCUT2D eigenvalue weighted by molar-refractivity contribution is -0.147. The minimum absolute atomic E-state index is 0.0259. The number of allylic oxidation sites excluding steroid dienone is 1. The van der Waals surface area contributed by atoms with Crippen LogP contribution in [0.15, 0.2) is 12.7 Å². The zero-order valence-corrected chi connectivity index (χ0v) is 40.6. The molecule has 0 radical (unpaired) electrons. The normalized spacial score (nSPS) is 31.2. The van der Waals surface area contributed by atoms with Crippen LogP contribution in [0.2, 0.25) is 0 Å². The Hall–Kier alpha value is -2.64. The smallest absolute Gasteiger partial charge is 0.240 e. The van der Waals surface area contributed by atoms with Crippen molar-refractivity contribution in [3.05, 3.63) is 12.7 Å². The van der Waals surface area contributed by atoms with Gasteiger partial charge in [-0.15, -0.1) is 6.58 Å². The van der Waals surface area contributed by atoms with Crippen molar-refractivity contribution >= 4 is 39.3 Å². The first kappa shape index (κ1) is 47.3. The summed E-state index contributed by atoms with van der Waals surface area (Å²) in [5.41, 5.74) is -3.02. The van der Waals surface area contributed by atoms with E-state index in [1.54, 1.807) is 11.0 Å². The van der Waals surface area contributed by atoms with Gasteiger partial charge >= 0.3 is 0 Å². The highest BCUT2D eigenvalue weighted by molar-refractivity contribution is 7.90. The molecule has 2 heterocycles. The van der Waals surface area contributed by atoms with Gasteiger partial charge in [0.1, 0.15) is 0 Å². The van der Waals surface area contributed by atoms with Crippen LogP contribution in [0.25, 0.3) is 0 Å². The summed E-state index contributed by atoms with van der Waals surface area (Å²) in [5.74, 6) is -2.54. The highest BCUT2D eigenvalue weighted by atomic mass is 32.2. The monoisotopic (exact) mass is 882 g/mol. The number of rotatable bonds is 15. The van der Waals surface area contributed by atoms with Gasteiger partial charge in [0.15, 0.2) is 11.6 Å². The largest absolute Gasteiger partial charge is 0.344 e. The van der Waals surface area contributed by atoms with Crippen molar-refractivity contribution in [2.45, 2.75) is 188 Å². The minimum atomic E-state index is -3.83. The Bertz CT molecular complexity index is 1930. The number of carbonyl (C=O) groups excluding carboxylic acids is 5. The quantitative estimate of drug-likeness (QED) is 0.178. The van der Waals surface area contributed by atoms with E-state index in [9.17, 15) is 27.6 Å². The predicted molar refractivity (Wildman–Crippen MR) is 241 cm³/mol. The summed E-state index contributed by atoms with van der Waals surface area (Å²) in [6.45, 7) is 28.5. The Morgan fingerprint density at radius 3 is 1.89 bits per heavy atom. The molecule has 7 rings (SSSR count). The molecule has 5 aliphatic carbocycles. The third-order valence-electron chi connectivity index (χ3n) is 18.1. The van der Waals surface area contributed by atoms with Crippen LogP contribution in [0.1, 0.15) is 159 Å². The van der Waals surface area contributed by atoms with E-state index in [4.69, 9.17) is 0 Å². The summed E-state index contributed by atoms with van der Waals surface area (Å²) >= 11 is 0. The fourth-order valence-electron chi connectivity index (χ4n) is 13.0. The van der Waals surface area contributed by atoms with Crippen LogP contribution in [0.4, 0.5) is 0 Å². The molecule has 2 aliphatic heterocycles. The first-order valence-electron chi connectivity index (χ1n) is 24.0. The van der Waals surface area contributed by atoms with Crippen molar-refractivity contribution in [1.29, 1.82) is 0 Å². The molecule has 3 amide bonds. The number of ketones is 2. The van der Waals surface area contributed by atoms with Crippen molar-refractivity contribution in [1.82, 2.24) is 24.7 Å². The Labute approximate surface area is 372 Å². The third-order valence-corrected chi connectivity index (χ3v) is 19.9. The number of likely N-dealkylation sites (tertiary alicyclic amines) is 1. The average molecular weight is 882 g/mol. The summed E-state index contributed by atoms with van der Waals surface area (Å²) in [6, 6.07) is -1.53. The second kappa shape index (κ2) is 16.1. The molecule has 7 aliphatic rings. The zero-order chi connectivity index (χ0) is 45.6. The van der Waals surface area contributed by atoms with E-state index in [1.165, 1.54) is 0 Å². The van der Waals surface area contributed by atoms with Crippen molar-refractivity contribution < 1.29 is 32.4 Å². The molecule has 12 nitrogen and oxygen atoms in total. The standard InChI is InChI=1S/C49H79N5O7S/c1-12-33-28-47(33,42(59)51-62(60,61)34-19-20-34)30-38(56)36-29-49(46(10,11)48(49)21-16-22-48)31-54(36)40(57)35(43(2,3)4)27-37(55)39(32-17-14-13-15-18-32)50-41(58)45(8,9)53-25-23-52(24-26-53)44(5,6)7/h12,32-36,39H,1,13-31H2,2-11H3,(H,50,58)(H,51,59)/t33-,35+,36-,39-,47-,49+/m0/s1. The average Bonchev–Trinajstić information content (AvgIpc) is 4.13. The fraction of sp³-hybridized carbons (Fsp3) is 0.857. The number of hydrogen-bond donors (Lipinski definition) is 2. The van der Waals surface area contributed by atoms with Crippen molar-refractivity contribution in [2.75, 3.05) is 32.7 Å². The molecule has 348 valence electrons. The molecule has 62 heavy (non-hydrogen) atoms. The summed E-state index contributed by atoms with van der Waals surface area (Å²) in [4.78, 5) is 79.9. The third kappa shape index (κ3) is 8.06. The van der Waals surface area contributed by atoms with Crippen molar-refractivity contribution in [2.24, 2.45) is 44.8 Å². The van der Waals surface area contributed by atoms with Crippen LogP contribution >= 0.6 is 0 Å². The topological polar surface area (TPSA) is 153 Å². The molecular weight excluding hydrogens is 803 g/mol. The lowest BCUT2D eigenvalue weighted by Gasteiger charge is -2.47. The molecule has 2 saturated heterocycles. The van der Waals surface area contributed by atoms with E-state index in [-0.39, 0.29) is 69.8 Å². The van der Waals surface area contributed by atoms with E-state index < -0.39 is 55.6 Å². The maximum Gasteiger partial charge on any atom is 0.240 e. The van der Waals surface area contributed by atoms with Crippen LogP contribution in [-0.2, 0) is 34.0 Å². The van der Waals surface area contributed by atoms with E-state index in [1.807, 2.05) is 34.6 Å². The van der Waals surface area contributed by atoms with Crippen LogP contribution in [0, 0.1) is 44.8 Å². The molecular formula is C49H79N5O7S. The lowest BCUT2D eigenvalue weighted by atomic mass is 9.73. The zero-order valence-electron chi connectivity index (χ0n) is 39.8. The second-order valence-electron chi connectivity index (χ2n) is 24.0. The molecule has 13 heteroatoms. The van der Waals surface area contributed by atoms with Crippen LogP contribution < -0.4 is 10.0 Å². The number of nitrogens with one attached hydrogen (secondary N) is 2. The van der Waals surface area contributed by atoms with Crippen LogP contribution in [-0.4, -0.2) is 114 Å². The second-order valence-corrected chi connectivity index (χ2v) is 26.0. The highest BCUT2D eigenvalue weighted by Gasteiger charge is 2.85. The molecule has 0 aromatic heterocycles. The number of amides is 3. The van der Waals surface area contributed by atoms with Gasteiger partial charge in [0, 0.05) is 62.4 Å². The van der Waals surface area contributed by atoms with Crippen molar-refractivity contribution in [3.63, 3.8) is 0 Å². The van der Waals surface area contributed by atoms with Crippen LogP contribution in [0.3, 0.4) is 0 Å². The van der Waals surface area contributed by atoms with Gasteiger partial charge in [-0.2, -0.15) is 0 Å². The number of piperazine rings is 1. The fourth-order valence-corrected chi connectivity index (χ4v) is 14.4. The molecule has 0 bridgehead atoms. The van der Waals surface area contributed by atoms with Gasteiger partial charge in [0.25, 0.3) is 0 Å². The molecule has 0 unspecified atom stereocenters. The number of carbonyl (C=O) groups is 5. The van der Waals surface area contributed by atoms with Crippen molar-refractivity contribution in [3.8, 4) is 0 Å². The molecule has 6 atom stereocenters. The van der Waals surface area contributed by atoms with E-state index in [2.05, 4.69) is 61.0 Å². The number of nitrogens with zero attached hydrogens (tertiary/aromatic N) is 3. The summed E-state index contributed by atoms with van der Waals surface area (Å²) in [5, 5.41) is 2.71. The van der Waals surface area contributed by atoms with Gasteiger partial charge in [-0.25, -0.2) is 8.42 Å². The first-order valence-corrected chi connectivity index (χ1v) is 25.6. The maximum absolute atomic E-state index is 15.4. The van der Waals surface area contributed by atoms with E-state index in [0.717, 1.165) is 77.5 Å². The molecule has 5 saturated carbocycles. The van der Waals surface area contributed by atoms with Gasteiger partial charge in [-0.1, -0.05) is 66.4 Å². The van der Waals surface area contributed by atoms with Gasteiger partial charge < -0.3 is 10.2 Å². The molecule has 0 aromatic rings. The summed E-state index contributed by atoms with van der Waals surface area (Å²) in [6.07, 6.45) is 11.2. The van der Waals surface area contributed by atoms with Gasteiger partial charge in [-0.3, -0.25) is 38.5 Å². The molecule has 7 fully saturated rings. The first-order chi connectivity index (χ1) is 28.7. The number of hydrogen-bond acceptors (Lipinski definition) is 9. The summed E-state index contributed by atoms with van der Waals surface area (Å²) in [7, 11) is -3.83. The molecule has 2 N–H and O–H groups in total. The van der Waals surface area contributed by atoms with Crippen LogP contribution in [0.5, 0.6) is 0 Å². The Kier molecular flexibility index (Phi) is 12.3. The molecule has 0 aromatic carbocycles. The Morgan fingerprint density at radius 1 is 0.806 bits per heavy atom. The minimum Gasteiger partial charge on any atom is -0.344 e. The van der Waals surface area contributed by atoms with E-state index >= 15 is 4.79 Å². The maximum atomic E-state index is 15.4. The number of sulfonamides is 1. The Morgan fingerprint density at radius 2 is 1.40 bits per heavy atom. The summed E-state index contributed by atoms with van der Waals surface area (Å²) < 4.78 is 28.1. The van der Waals surface area contributed by atoms with Gasteiger partial charge in [0.05, 0.1) is 28.3 Å². The number of Topliss-reactive ketones (excluding diaryl/α,β-unsaturated/α-hetero) is 2. The Balaban J connectivity index is 1.13. The number of fused-ring (bicyclic) bond motifs is 1. The van der Waals surface area contributed by atoms with Gasteiger partial charge in [0.2, 0.25) is 27.7 Å². The lowest BCUT2D eigenvalue weighted by Crippen LogP contribution is -2.64. The highest BCUT2D eigenvalue weighted by Crippen LogP contribution is 2.88. The molecule has 2 spiro atoms. The van der Waals surface area contributed by atoms with Gasteiger partial charge in [-0.05, 0) is 114 Å². The SMILES string of the molecule is C=C[C@H]1C[C@@]1(CC(=O)[C@@H]1C[C@@]2(CN1C(=O)[C@@H](CC(=O)[C@@H](NC(=O)C(C)(C)N1CCN(C(C)(C)C)CC1)C1CCCCC1)C(C)(C)C)C(C)(C)C21CCC1)C(=O)NS(=O)(=O)C1CC1. The van der Waals surface area contributed by atoms with E-state index in [0.29, 0.717) is 32.2 Å².